The Bertz CT molecular complexity index is 1200. The Hall–Kier alpha value is -2.51. The number of unbranched alkanes of at least 4 members (excludes halogenated alkanes) is 1. The smallest absolute Gasteiger partial charge is 0.272 e. The SMILES string of the molecule is CCCCc1ccc(NC(=O)CSc2nc3c(c(=O)n2-c2cc(C)cc(C)c2)SCC3)cc1. The van der Waals surface area contributed by atoms with E-state index in [-0.39, 0.29) is 17.2 Å². The Morgan fingerprint density at radius 2 is 1.88 bits per heavy atom. The summed E-state index contributed by atoms with van der Waals surface area (Å²) in [5.74, 6) is 0.936. The molecule has 172 valence electrons. The number of hydrogen-bond donors (Lipinski definition) is 1. The minimum Gasteiger partial charge on any atom is -0.325 e. The van der Waals surface area contributed by atoms with E-state index in [4.69, 9.17) is 4.98 Å². The lowest BCUT2D eigenvalue weighted by atomic mass is 10.1. The van der Waals surface area contributed by atoms with Gasteiger partial charge in [0.25, 0.3) is 5.56 Å². The van der Waals surface area contributed by atoms with Crippen LogP contribution in [0.5, 0.6) is 0 Å². The van der Waals surface area contributed by atoms with Crippen LogP contribution in [0.1, 0.15) is 42.1 Å². The van der Waals surface area contributed by atoms with Crippen LogP contribution in [0.4, 0.5) is 5.69 Å². The van der Waals surface area contributed by atoms with Crippen molar-refractivity contribution in [2.45, 2.75) is 56.5 Å². The molecule has 0 atom stereocenters. The van der Waals surface area contributed by atoms with Crippen LogP contribution >= 0.6 is 23.5 Å². The first-order chi connectivity index (χ1) is 15.9. The average molecular weight is 480 g/mol. The molecule has 33 heavy (non-hydrogen) atoms. The van der Waals surface area contributed by atoms with Crippen molar-refractivity contribution in [1.29, 1.82) is 0 Å². The minimum absolute atomic E-state index is 0.0434. The molecule has 0 unspecified atom stereocenters. The minimum atomic E-state index is -0.114. The predicted molar refractivity (Wildman–Crippen MR) is 138 cm³/mol. The number of benzene rings is 2. The van der Waals surface area contributed by atoms with Gasteiger partial charge in [-0.3, -0.25) is 14.2 Å². The summed E-state index contributed by atoms with van der Waals surface area (Å²) in [4.78, 5) is 31.5. The second-order valence-corrected chi connectivity index (χ2v) is 10.4. The highest BCUT2D eigenvalue weighted by Crippen LogP contribution is 2.30. The number of anilines is 1. The maximum atomic E-state index is 13.3. The number of carbonyl (C=O) groups is 1. The standard InChI is InChI=1S/C26H29N3O2S2/c1-4-5-6-19-7-9-20(10-8-19)27-23(30)16-33-26-28-22-11-12-32-24(22)25(31)29(26)21-14-17(2)13-18(3)15-21/h7-10,13-15H,4-6,11-12,16H2,1-3H3,(H,27,30). The van der Waals surface area contributed by atoms with E-state index in [1.165, 1.54) is 17.3 Å². The molecule has 0 spiro atoms. The van der Waals surface area contributed by atoms with E-state index < -0.39 is 0 Å². The van der Waals surface area contributed by atoms with Gasteiger partial charge in [-0.15, -0.1) is 11.8 Å². The molecule has 1 N–H and O–H groups in total. The van der Waals surface area contributed by atoms with Crippen molar-refractivity contribution in [2.75, 3.05) is 16.8 Å². The molecular formula is C26H29N3O2S2. The molecule has 0 saturated carbocycles. The molecule has 2 aromatic carbocycles. The van der Waals surface area contributed by atoms with Crippen molar-refractivity contribution in [2.24, 2.45) is 0 Å². The molecule has 2 heterocycles. The number of aromatic nitrogens is 2. The van der Waals surface area contributed by atoms with E-state index in [1.54, 1.807) is 16.3 Å². The van der Waals surface area contributed by atoms with Crippen molar-refractivity contribution in [1.82, 2.24) is 9.55 Å². The van der Waals surface area contributed by atoms with Crippen LogP contribution in [-0.2, 0) is 17.6 Å². The van der Waals surface area contributed by atoms with Crippen LogP contribution in [0.25, 0.3) is 5.69 Å². The van der Waals surface area contributed by atoms with Crippen molar-refractivity contribution in [3.63, 3.8) is 0 Å². The topological polar surface area (TPSA) is 64.0 Å². The average Bonchev–Trinajstić information content (AvgIpc) is 3.25. The van der Waals surface area contributed by atoms with Gasteiger partial charge in [-0.25, -0.2) is 4.98 Å². The zero-order valence-corrected chi connectivity index (χ0v) is 20.9. The third kappa shape index (κ3) is 5.71. The van der Waals surface area contributed by atoms with Gasteiger partial charge in [0.05, 0.1) is 22.0 Å². The summed E-state index contributed by atoms with van der Waals surface area (Å²) < 4.78 is 1.66. The van der Waals surface area contributed by atoms with E-state index in [0.717, 1.165) is 64.5 Å². The first-order valence-corrected chi connectivity index (χ1v) is 13.3. The van der Waals surface area contributed by atoms with Gasteiger partial charge < -0.3 is 5.32 Å². The fourth-order valence-corrected chi connectivity index (χ4v) is 5.81. The number of fused-ring (bicyclic) bond motifs is 1. The zero-order chi connectivity index (χ0) is 23.4. The van der Waals surface area contributed by atoms with Gasteiger partial charge in [0.15, 0.2) is 5.16 Å². The largest absolute Gasteiger partial charge is 0.325 e. The summed E-state index contributed by atoms with van der Waals surface area (Å²) in [5.41, 5.74) is 5.83. The number of thioether (sulfide) groups is 2. The molecule has 1 amide bonds. The van der Waals surface area contributed by atoms with Gasteiger partial charge in [0, 0.05) is 17.9 Å². The maximum absolute atomic E-state index is 13.3. The summed E-state index contributed by atoms with van der Waals surface area (Å²) in [7, 11) is 0. The molecule has 3 aromatic rings. The fraction of sp³-hybridized carbons (Fsp3) is 0.346. The predicted octanol–water partition coefficient (Wildman–Crippen LogP) is 5.57. The van der Waals surface area contributed by atoms with Crippen molar-refractivity contribution in [3.8, 4) is 5.69 Å². The molecule has 0 bridgehead atoms. The van der Waals surface area contributed by atoms with Gasteiger partial charge in [-0.2, -0.15) is 0 Å². The highest BCUT2D eigenvalue weighted by atomic mass is 32.2. The van der Waals surface area contributed by atoms with Gasteiger partial charge >= 0.3 is 0 Å². The Morgan fingerprint density at radius 3 is 2.58 bits per heavy atom. The lowest BCUT2D eigenvalue weighted by Gasteiger charge is -2.15. The Morgan fingerprint density at radius 1 is 1.15 bits per heavy atom. The number of carbonyl (C=O) groups excluding carboxylic acids is 1. The van der Waals surface area contributed by atoms with E-state index in [1.807, 2.05) is 38.1 Å². The molecule has 1 aliphatic rings. The highest BCUT2D eigenvalue weighted by molar-refractivity contribution is 8.00. The van der Waals surface area contributed by atoms with Crippen molar-refractivity contribution in [3.05, 3.63) is 75.2 Å². The molecule has 1 aromatic heterocycles. The zero-order valence-electron chi connectivity index (χ0n) is 19.3. The van der Waals surface area contributed by atoms with Gasteiger partial charge in [-0.05, 0) is 67.6 Å². The summed E-state index contributed by atoms with van der Waals surface area (Å²) in [5, 5.41) is 3.53. The monoisotopic (exact) mass is 479 g/mol. The Kier molecular flexibility index (Phi) is 7.60. The number of rotatable bonds is 8. The third-order valence-corrected chi connectivity index (χ3v) is 7.57. The number of nitrogens with zero attached hydrogens (tertiary/aromatic N) is 2. The molecule has 4 rings (SSSR count). The summed E-state index contributed by atoms with van der Waals surface area (Å²) >= 11 is 2.87. The molecule has 0 saturated heterocycles. The number of hydrogen-bond acceptors (Lipinski definition) is 5. The Labute approximate surface area is 203 Å². The molecule has 1 aliphatic heterocycles. The van der Waals surface area contributed by atoms with Gasteiger partial charge in [0.2, 0.25) is 5.91 Å². The van der Waals surface area contributed by atoms with E-state index in [9.17, 15) is 9.59 Å². The van der Waals surface area contributed by atoms with Gasteiger partial charge in [0.1, 0.15) is 0 Å². The Balaban J connectivity index is 1.53. The second-order valence-electron chi connectivity index (χ2n) is 8.39. The molecule has 7 heteroatoms. The highest BCUT2D eigenvalue weighted by Gasteiger charge is 2.23. The van der Waals surface area contributed by atoms with Crippen LogP contribution in [0, 0.1) is 13.8 Å². The van der Waals surface area contributed by atoms with Crippen molar-refractivity contribution < 1.29 is 4.79 Å². The number of amides is 1. The van der Waals surface area contributed by atoms with Crippen molar-refractivity contribution >= 4 is 35.1 Å². The number of aryl methyl sites for hydroxylation is 4. The first kappa shape index (κ1) is 23.6. The molecular weight excluding hydrogens is 450 g/mol. The third-order valence-electron chi connectivity index (χ3n) is 5.52. The first-order valence-electron chi connectivity index (χ1n) is 11.3. The lowest BCUT2D eigenvalue weighted by molar-refractivity contribution is -0.113. The normalized spacial score (nSPS) is 12.6. The van der Waals surface area contributed by atoms with Gasteiger partial charge in [-0.1, -0.05) is 43.3 Å². The molecule has 0 aliphatic carbocycles. The molecule has 0 fully saturated rings. The molecule has 0 radical (unpaired) electrons. The van der Waals surface area contributed by atoms with Crippen LogP contribution < -0.4 is 10.9 Å². The molecule has 5 nitrogen and oxygen atoms in total. The summed E-state index contributed by atoms with van der Waals surface area (Å²) in [6.45, 7) is 6.22. The van der Waals surface area contributed by atoms with Crippen LogP contribution in [0.15, 0.2) is 57.3 Å². The number of nitrogens with one attached hydrogen (secondary N) is 1. The maximum Gasteiger partial charge on any atom is 0.272 e. The van der Waals surface area contributed by atoms with E-state index in [0.29, 0.717) is 5.16 Å². The van der Waals surface area contributed by atoms with E-state index >= 15 is 0 Å². The van der Waals surface area contributed by atoms with Crippen LogP contribution in [0.2, 0.25) is 0 Å². The quantitative estimate of drug-likeness (QED) is 0.338. The summed E-state index contributed by atoms with van der Waals surface area (Å²) in [6, 6.07) is 14.1. The van der Waals surface area contributed by atoms with Crippen LogP contribution in [0.3, 0.4) is 0 Å². The summed E-state index contributed by atoms with van der Waals surface area (Å²) in [6.07, 6.45) is 4.17. The fourth-order valence-electron chi connectivity index (χ4n) is 3.96. The lowest BCUT2D eigenvalue weighted by Crippen LogP contribution is -2.25. The second kappa shape index (κ2) is 10.6. The van der Waals surface area contributed by atoms with E-state index in [2.05, 4.69) is 30.4 Å². The van der Waals surface area contributed by atoms with Crippen LogP contribution in [-0.4, -0.2) is 27.0 Å².